The second kappa shape index (κ2) is 6.95. The van der Waals surface area contributed by atoms with Crippen molar-refractivity contribution in [2.75, 3.05) is 5.33 Å². The smallest absolute Gasteiger partial charge is 0.147 e. The first-order chi connectivity index (χ1) is 12.0. The monoisotopic (exact) mass is 408 g/mol. The van der Waals surface area contributed by atoms with E-state index in [-0.39, 0.29) is 0 Å². The molecular weight excluding hydrogens is 372 g/mol. The largest absolute Gasteiger partial charge is 0.298 e. The molecule has 9 unspecified atom stereocenters. The Morgan fingerprint density at radius 2 is 1.80 bits per heavy atom. The van der Waals surface area contributed by atoms with Crippen LogP contribution in [0.1, 0.15) is 78.6 Å². The van der Waals surface area contributed by atoms with Gasteiger partial charge in [-0.25, -0.2) is 0 Å². The number of alkyl halides is 1. The van der Waals surface area contributed by atoms with Gasteiger partial charge in [0.25, 0.3) is 0 Å². The van der Waals surface area contributed by atoms with Crippen LogP contribution in [0, 0.1) is 52.8 Å². The Morgan fingerprint density at radius 3 is 2.52 bits per heavy atom. The number of fused-ring (bicyclic) bond motifs is 5. The number of ketones is 1. The van der Waals surface area contributed by atoms with E-state index < -0.39 is 0 Å². The Morgan fingerprint density at radius 1 is 1.04 bits per heavy atom. The first-order valence-corrected chi connectivity index (χ1v) is 12.2. The van der Waals surface area contributed by atoms with E-state index in [4.69, 9.17) is 0 Å². The summed E-state index contributed by atoms with van der Waals surface area (Å²) in [6.07, 6.45) is 12.6. The summed E-state index contributed by atoms with van der Waals surface area (Å²) in [5.41, 5.74) is 0.293. The molecule has 4 fully saturated rings. The molecule has 0 heterocycles. The van der Waals surface area contributed by atoms with Crippen molar-refractivity contribution >= 4 is 21.7 Å². The molecule has 0 aromatic carbocycles. The highest BCUT2D eigenvalue weighted by Crippen LogP contribution is 2.66. The van der Waals surface area contributed by atoms with Crippen molar-refractivity contribution < 1.29 is 4.79 Å². The number of carbonyl (C=O) groups is 1. The minimum Gasteiger partial charge on any atom is -0.298 e. The zero-order chi connectivity index (χ0) is 17.8. The average Bonchev–Trinajstić information content (AvgIpc) is 2.93. The van der Waals surface area contributed by atoms with Crippen LogP contribution in [0.4, 0.5) is 0 Å². The van der Waals surface area contributed by atoms with Crippen molar-refractivity contribution in [2.24, 2.45) is 52.8 Å². The molecule has 0 aromatic heterocycles. The van der Waals surface area contributed by atoms with Gasteiger partial charge < -0.3 is 0 Å². The standard InChI is InChI=1S/C23H37BrO/c1-4-15-12-20(21(25)13-24)23(3)10-9-18-17-7-5-14(2)11-16(17)6-8-19(18)22(15)23/h14-20,22H,4-13H2,1-3H3. The van der Waals surface area contributed by atoms with E-state index in [1.54, 1.807) is 0 Å². The lowest BCUT2D eigenvalue weighted by molar-refractivity contribution is -0.128. The van der Waals surface area contributed by atoms with Crippen molar-refractivity contribution in [3.63, 3.8) is 0 Å². The lowest BCUT2D eigenvalue weighted by Gasteiger charge is -2.57. The average molecular weight is 409 g/mol. The van der Waals surface area contributed by atoms with Gasteiger partial charge in [-0.15, -0.1) is 0 Å². The van der Waals surface area contributed by atoms with Crippen LogP contribution in [0.25, 0.3) is 0 Å². The molecule has 0 saturated heterocycles. The fourth-order valence-corrected chi connectivity index (χ4v) is 8.78. The predicted octanol–water partition coefficient (Wildman–Crippen LogP) is 6.49. The summed E-state index contributed by atoms with van der Waals surface area (Å²) in [4.78, 5) is 12.7. The minimum atomic E-state index is 0.293. The number of hydrogen-bond acceptors (Lipinski definition) is 1. The number of halogens is 1. The van der Waals surface area contributed by atoms with E-state index >= 15 is 0 Å². The molecule has 0 bridgehead atoms. The third-order valence-corrected chi connectivity index (χ3v) is 9.95. The highest BCUT2D eigenvalue weighted by molar-refractivity contribution is 9.09. The first-order valence-electron chi connectivity index (χ1n) is 11.1. The zero-order valence-electron chi connectivity index (χ0n) is 16.5. The van der Waals surface area contributed by atoms with E-state index in [1.165, 1.54) is 57.8 Å². The molecule has 142 valence electrons. The molecule has 0 amide bonds. The molecule has 0 spiro atoms. The van der Waals surface area contributed by atoms with Crippen LogP contribution in [-0.4, -0.2) is 11.1 Å². The Hall–Kier alpha value is 0.150. The Kier molecular flexibility index (Phi) is 5.15. The van der Waals surface area contributed by atoms with Gasteiger partial charge >= 0.3 is 0 Å². The van der Waals surface area contributed by atoms with Crippen LogP contribution < -0.4 is 0 Å². The Balaban J connectivity index is 1.61. The van der Waals surface area contributed by atoms with Crippen molar-refractivity contribution in [1.29, 1.82) is 0 Å². The molecule has 1 nitrogen and oxygen atoms in total. The van der Waals surface area contributed by atoms with Crippen LogP contribution in [0.5, 0.6) is 0 Å². The molecule has 0 radical (unpaired) electrons. The van der Waals surface area contributed by atoms with Gasteiger partial charge in [0, 0.05) is 5.92 Å². The summed E-state index contributed by atoms with van der Waals surface area (Å²) in [5.74, 6) is 7.34. The van der Waals surface area contributed by atoms with Gasteiger partial charge in [0.15, 0.2) is 0 Å². The normalized spacial score (nSPS) is 52.2. The molecule has 4 aliphatic rings. The quantitative estimate of drug-likeness (QED) is 0.487. The molecule has 25 heavy (non-hydrogen) atoms. The minimum absolute atomic E-state index is 0.293. The van der Waals surface area contributed by atoms with Crippen molar-refractivity contribution in [3.8, 4) is 0 Å². The summed E-state index contributed by atoms with van der Waals surface area (Å²) in [7, 11) is 0. The van der Waals surface area contributed by atoms with Crippen LogP contribution in [0.3, 0.4) is 0 Å². The second-order valence-corrected chi connectivity index (χ2v) is 10.9. The van der Waals surface area contributed by atoms with E-state index in [9.17, 15) is 4.79 Å². The molecule has 9 atom stereocenters. The molecule has 0 N–H and O–H groups in total. The number of hydrogen-bond donors (Lipinski definition) is 0. The van der Waals surface area contributed by atoms with Gasteiger partial charge in [-0.05, 0) is 91.8 Å². The summed E-state index contributed by atoms with van der Waals surface area (Å²) in [6.45, 7) is 7.36. The van der Waals surface area contributed by atoms with Crippen molar-refractivity contribution in [3.05, 3.63) is 0 Å². The van der Waals surface area contributed by atoms with E-state index in [0.717, 1.165) is 41.4 Å². The lowest BCUT2D eigenvalue weighted by atomic mass is 9.48. The summed E-state index contributed by atoms with van der Waals surface area (Å²) in [5, 5.41) is 0.563. The summed E-state index contributed by atoms with van der Waals surface area (Å²) >= 11 is 3.48. The molecule has 0 aromatic rings. The topological polar surface area (TPSA) is 17.1 Å². The Bertz CT molecular complexity index is 516. The van der Waals surface area contributed by atoms with Gasteiger partial charge in [0.2, 0.25) is 0 Å². The summed E-state index contributed by atoms with van der Waals surface area (Å²) < 4.78 is 0. The van der Waals surface area contributed by atoms with E-state index in [1.807, 2.05) is 0 Å². The molecule has 4 aliphatic carbocycles. The van der Waals surface area contributed by atoms with Gasteiger partial charge in [-0.3, -0.25) is 4.79 Å². The fraction of sp³-hybridized carbons (Fsp3) is 0.957. The lowest BCUT2D eigenvalue weighted by Crippen LogP contribution is -2.50. The molecule has 4 rings (SSSR count). The maximum absolute atomic E-state index is 12.7. The van der Waals surface area contributed by atoms with Gasteiger partial charge in [0.05, 0.1) is 5.33 Å². The molecule has 0 aliphatic heterocycles. The van der Waals surface area contributed by atoms with Gasteiger partial charge in [-0.2, -0.15) is 0 Å². The van der Waals surface area contributed by atoms with Crippen LogP contribution in [0.15, 0.2) is 0 Å². The molecule has 4 saturated carbocycles. The highest BCUT2D eigenvalue weighted by Gasteiger charge is 2.60. The third-order valence-electron chi connectivity index (χ3n) is 9.40. The van der Waals surface area contributed by atoms with E-state index in [0.29, 0.717) is 22.4 Å². The number of rotatable bonds is 3. The molecular formula is C23H37BrO. The fourth-order valence-electron chi connectivity index (χ4n) is 8.39. The predicted molar refractivity (Wildman–Crippen MR) is 108 cm³/mol. The second-order valence-electron chi connectivity index (χ2n) is 10.4. The highest BCUT2D eigenvalue weighted by atomic mass is 79.9. The maximum atomic E-state index is 12.7. The van der Waals surface area contributed by atoms with Crippen LogP contribution in [-0.2, 0) is 4.79 Å². The van der Waals surface area contributed by atoms with Crippen LogP contribution >= 0.6 is 15.9 Å². The number of carbonyl (C=O) groups excluding carboxylic acids is 1. The summed E-state index contributed by atoms with van der Waals surface area (Å²) in [6, 6.07) is 0. The third kappa shape index (κ3) is 2.88. The maximum Gasteiger partial charge on any atom is 0.147 e. The SMILES string of the molecule is CCC1CC(C(=O)CBr)C2(C)CCC3C4CCC(C)CC4CCC3C12. The van der Waals surface area contributed by atoms with Gasteiger partial charge in [0.1, 0.15) is 5.78 Å². The molecule has 2 heteroatoms. The first kappa shape index (κ1) is 18.5. The zero-order valence-corrected chi connectivity index (χ0v) is 18.1. The number of Topliss-reactive ketones (excluding diaryl/α,β-unsaturated/α-hetero) is 1. The van der Waals surface area contributed by atoms with Gasteiger partial charge in [-0.1, -0.05) is 49.5 Å². The van der Waals surface area contributed by atoms with Crippen LogP contribution in [0.2, 0.25) is 0 Å². The Labute approximate surface area is 163 Å². The van der Waals surface area contributed by atoms with E-state index in [2.05, 4.69) is 36.7 Å². The van der Waals surface area contributed by atoms with Crippen molar-refractivity contribution in [1.82, 2.24) is 0 Å². The van der Waals surface area contributed by atoms with Crippen molar-refractivity contribution in [2.45, 2.75) is 78.6 Å².